The van der Waals surface area contributed by atoms with Crippen LogP contribution in [0.3, 0.4) is 0 Å². The molecule has 4 bridgehead atoms. The van der Waals surface area contributed by atoms with E-state index in [9.17, 15) is 8.42 Å². The quantitative estimate of drug-likeness (QED) is 0.817. The molecule has 4 saturated carbocycles. The third-order valence-electron chi connectivity index (χ3n) is 6.49. The Morgan fingerprint density at radius 2 is 1.54 bits per heavy atom. The zero-order chi connectivity index (χ0) is 16.9. The second kappa shape index (κ2) is 6.03. The van der Waals surface area contributed by atoms with E-state index < -0.39 is 10.0 Å². The Labute approximate surface area is 145 Å². The number of methoxy groups -OCH3 is 1. The lowest BCUT2D eigenvalue weighted by Gasteiger charge is -2.56. The minimum Gasteiger partial charge on any atom is -0.497 e. The molecule has 24 heavy (non-hydrogen) atoms. The number of sulfonamides is 1. The summed E-state index contributed by atoms with van der Waals surface area (Å²) in [6, 6.07) is 7.02. The molecule has 0 saturated heterocycles. The predicted octanol–water partition coefficient (Wildman–Crippen LogP) is 3.53. The molecule has 0 radical (unpaired) electrons. The van der Waals surface area contributed by atoms with Crippen molar-refractivity contribution >= 4 is 10.0 Å². The Bertz CT molecular complexity index is 670. The van der Waals surface area contributed by atoms with E-state index in [0.29, 0.717) is 29.0 Å². The van der Waals surface area contributed by atoms with Gasteiger partial charge in [-0.05, 0) is 80.0 Å². The number of hydrogen-bond acceptors (Lipinski definition) is 3. The van der Waals surface area contributed by atoms with E-state index in [-0.39, 0.29) is 6.04 Å². The van der Waals surface area contributed by atoms with Crippen molar-refractivity contribution in [2.45, 2.75) is 50.0 Å². The fraction of sp³-hybridized carbons (Fsp3) is 0.684. The summed E-state index contributed by atoms with van der Waals surface area (Å²) in [4.78, 5) is 0.388. The van der Waals surface area contributed by atoms with Gasteiger partial charge in [0.25, 0.3) is 0 Å². The average molecular weight is 349 g/mol. The maximum Gasteiger partial charge on any atom is 0.243 e. The van der Waals surface area contributed by atoms with Gasteiger partial charge in [-0.2, -0.15) is 4.31 Å². The topological polar surface area (TPSA) is 46.6 Å². The lowest BCUT2D eigenvalue weighted by molar-refractivity contribution is -0.0393. The first kappa shape index (κ1) is 16.4. The molecule has 4 aliphatic carbocycles. The summed E-state index contributed by atoms with van der Waals surface area (Å²) in [6.07, 6.45) is 6.30. The Kier molecular flexibility index (Phi) is 4.12. The van der Waals surface area contributed by atoms with E-state index in [2.05, 4.69) is 0 Å². The van der Waals surface area contributed by atoms with Gasteiger partial charge in [-0.3, -0.25) is 0 Å². The molecule has 4 fully saturated rings. The summed E-state index contributed by atoms with van der Waals surface area (Å²) in [5, 5.41) is 0. The molecule has 1 aromatic rings. The SMILES string of the molecule is CCN(C1C2CC3CC(C2)CC1C3)S(=O)(=O)c1ccc(OC)cc1. The first-order valence-electron chi connectivity index (χ1n) is 9.18. The summed E-state index contributed by atoms with van der Waals surface area (Å²) in [5.74, 6) is 3.52. The molecule has 4 aliphatic rings. The summed E-state index contributed by atoms with van der Waals surface area (Å²) in [7, 11) is -1.85. The van der Waals surface area contributed by atoms with Gasteiger partial charge in [0.15, 0.2) is 0 Å². The maximum absolute atomic E-state index is 13.3. The van der Waals surface area contributed by atoms with Gasteiger partial charge < -0.3 is 4.74 Å². The highest BCUT2D eigenvalue weighted by atomic mass is 32.2. The third kappa shape index (κ3) is 2.57. The van der Waals surface area contributed by atoms with Crippen molar-refractivity contribution in [3.63, 3.8) is 0 Å². The number of ether oxygens (including phenoxy) is 1. The van der Waals surface area contributed by atoms with Crippen LogP contribution in [0.1, 0.15) is 39.0 Å². The van der Waals surface area contributed by atoms with E-state index in [4.69, 9.17) is 4.74 Å². The van der Waals surface area contributed by atoms with Gasteiger partial charge in [-0.15, -0.1) is 0 Å². The van der Waals surface area contributed by atoms with Gasteiger partial charge in [0.2, 0.25) is 10.0 Å². The van der Waals surface area contributed by atoms with Gasteiger partial charge in [-0.1, -0.05) is 6.92 Å². The second-order valence-corrected chi connectivity index (χ2v) is 9.70. The normalized spacial score (nSPS) is 34.7. The number of benzene rings is 1. The van der Waals surface area contributed by atoms with Gasteiger partial charge in [0.05, 0.1) is 12.0 Å². The van der Waals surface area contributed by atoms with Crippen molar-refractivity contribution in [3.05, 3.63) is 24.3 Å². The van der Waals surface area contributed by atoms with Crippen LogP contribution in [-0.4, -0.2) is 32.4 Å². The van der Waals surface area contributed by atoms with Gasteiger partial charge in [0, 0.05) is 12.6 Å². The molecule has 5 heteroatoms. The van der Waals surface area contributed by atoms with Crippen LogP contribution in [-0.2, 0) is 10.0 Å². The Morgan fingerprint density at radius 3 is 2.00 bits per heavy atom. The van der Waals surface area contributed by atoms with E-state index in [0.717, 1.165) is 11.8 Å². The Balaban J connectivity index is 1.64. The first-order valence-corrected chi connectivity index (χ1v) is 10.6. The second-order valence-electron chi connectivity index (χ2n) is 7.81. The van der Waals surface area contributed by atoms with Crippen molar-refractivity contribution in [1.29, 1.82) is 0 Å². The fourth-order valence-corrected chi connectivity index (χ4v) is 7.55. The molecule has 0 aromatic heterocycles. The van der Waals surface area contributed by atoms with Crippen molar-refractivity contribution in [2.24, 2.45) is 23.7 Å². The Morgan fingerprint density at radius 1 is 1.00 bits per heavy atom. The molecule has 1 aromatic carbocycles. The molecule has 0 atom stereocenters. The van der Waals surface area contributed by atoms with Gasteiger partial charge in [0.1, 0.15) is 5.75 Å². The average Bonchev–Trinajstić information content (AvgIpc) is 2.57. The van der Waals surface area contributed by atoms with Crippen molar-refractivity contribution in [1.82, 2.24) is 4.31 Å². The molecule has 5 rings (SSSR count). The molecular weight excluding hydrogens is 322 g/mol. The molecule has 0 heterocycles. The highest BCUT2D eigenvalue weighted by molar-refractivity contribution is 7.89. The van der Waals surface area contributed by atoms with Crippen LogP contribution in [0, 0.1) is 23.7 Å². The monoisotopic (exact) mass is 349 g/mol. The van der Waals surface area contributed by atoms with E-state index in [1.165, 1.54) is 32.1 Å². The van der Waals surface area contributed by atoms with Gasteiger partial charge in [-0.25, -0.2) is 8.42 Å². The standard InChI is InChI=1S/C19H27NO3S/c1-3-20(24(21,22)18-6-4-17(23-2)5-7-18)19-15-9-13-8-14(11-15)12-16(19)10-13/h4-7,13-16,19H,3,8-12H2,1-2H3. The zero-order valence-electron chi connectivity index (χ0n) is 14.5. The molecule has 4 nitrogen and oxygen atoms in total. The molecule has 0 unspecified atom stereocenters. The van der Waals surface area contributed by atoms with Crippen LogP contribution in [0.4, 0.5) is 0 Å². The largest absolute Gasteiger partial charge is 0.497 e. The molecule has 0 N–H and O–H groups in total. The smallest absolute Gasteiger partial charge is 0.243 e. The van der Waals surface area contributed by atoms with Crippen molar-refractivity contribution in [2.75, 3.05) is 13.7 Å². The number of rotatable bonds is 5. The maximum atomic E-state index is 13.3. The lowest BCUT2D eigenvalue weighted by Crippen LogP contribution is -2.57. The number of hydrogen-bond donors (Lipinski definition) is 0. The van der Waals surface area contributed by atoms with E-state index in [1.54, 1.807) is 31.4 Å². The van der Waals surface area contributed by atoms with Crippen LogP contribution in [0.25, 0.3) is 0 Å². The van der Waals surface area contributed by atoms with E-state index >= 15 is 0 Å². The van der Waals surface area contributed by atoms with E-state index in [1.807, 2.05) is 11.2 Å². The van der Waals surface area contributed by atoms with Crippen LogP contribution >= 0.6 is 0 Å². The molecule has 0 amide bonds. The molecule has 0 spiro atoms. The van der Waals surface area contributed by atoms with Crippen molar-refractivity contribution in [3.8, 4) is 5.75 Å². The van der Waals surface area contributed by atoms with Crippen LogP contribution in [0.15, 0.2) is 29.2 Å². The van der Waals surface area contributed by atoms with Crippen LogP contribution in [0.2, 0.25) is 0 Å². The summed E-state index contributed by atoms with van der Waals surface area (Å²) < 4.78 is 33.5. The highest BCUT2D eigenvalue weighted by Crippen LogP contribution is 2.55. The summed E-state index contributed by atoms with van der Waals surface area (Å²) >= 11 is 0. The molecule has 132 valence electrons. The minimum absolute atomic E-state index is 0.204. The summed E-state index contributed by atoms with van der Waals surface area (Å²) in [5.41, 5.74) is 0. The van der Waals surface area contributed by atoms with Crippen LogP contribution in [0.5, 0.6) is 5.75 Å². The fourth-order valence-electron chi connectivity index (χ4n) is 5.79. The molecular formula is C19H27NO3S. The summed E-state index contributed by atoms with van der Waals surface area (Å²) in [6.45, 7) is 2.54. The highest BCUT2D eigenvalue weighted by Gasteiger charge is 2.52. The minimum atomic E-state index is -3.44. The number of nitrogens with zero attached hydrogens (tertiary/aromatic N) is 1. The first-order chi connectivity index (χ1) is 11.5. The Hall–Kier alpha value is -1.07. The lowest BCUT2D eigenvalue weighted by atomic mass is 9.54. The zero-order valence-corrected chi connectivity index (χ0v) is 15.3. The predicted molar refractivity (Wildman–Crippen MR) is 93.4 cm³/mol. The third-order valence-corrected chi connectivity index (χ3v) is 8.47. The van der Waals surface area contributed by atoms with Crippen LogP contribution < -0.4 is 4.74 Å². The van der Waals surface area contributed by atoms with Crippen molar-refractivity contribution < 1.29 is 13.2 Å². The molecule has 0 aliphatic heterocycles. The van der Waals surface area contributed by atoms with Gasteiger partial charge >= 0.3 is 0 Å².